The molecule has 1 aromatic heterocycles. The summed E-state index contributed by atoms with van der Waals surface area (Å²) in [4.78, 5) is 0. The molecule has 0 saturated carbocycles. The SMILES string of the molecule is CC1=c2c(ccc3cccc(-c4ccon4)c23)=CCC1(C)S(N)(=O)=O. The van der Waals surface area contributed by atoms with Gasteiger partial charge in [0.05, 0.1) is 0 Å². The van der Waals surface area contributed by atoms with E-state index < -0.39 is 14.8 Å². The monoisotopic (exact) mass is 354 g/mol. The molecule has 1 heterocycles. The van der Waals surface area contributed by atoms with E-state index in [1.165, 1.54) is 6.26 Å². The van der Waals surface area contributed by atoms with Crippen LogP contribution in [0.1, 0.15) is 20.3 Å². The number of benzene rings is 2. The van der Waals surface area contributed by atoms with E-state index in [0.29, 0.717) is 6.42 Å². The summed E-state index contributed by atoms with van der Waals surface area (Å²) in [6, 6.07) is 11.8. The van der Waals surface area contributed by atoms with Crippen molar-refractivity contribution < 1.29 is 12.9 Å². The van der Waals surface area contributed by atoms with E-state index in [-0.39, 0.29) is 0 Å². The van der Waals surface area contributed by atoms with Crippen molar-refractivity contribution in [3.63, 3.8) is 0 Å². The summed E-state index contributed by atoms with van der Waals surface area (Å²) in [5, 5.41) is 13.6. The molecule has 5 nitrogen and oxygen atoms in total. The Balaban J connectivity index is 2.25. The highest BCUT2D eigenvalue weighted by molar-refractivity contribution is 7.91. The van der Waals surface area contributed by atoms with E-state index in [0.717, 1.165) is 38.0 Å². The van der Waals surface area contributed by atoms with Gasteiger partial charge in [0.2, 0.25) is 10.0 Å². The van der Waals surface area contributed by atoms with Crippen LogP contribution in [-0.2, 0) is 10.0 Å². The lowest BCUT2D eigenvalue weighted by molar-refractivity contribution is 0.422. The Morgan fingerprint density at radius 2 is 2.00 bits per heavy atom. The third-order valence-corrected chi connectivity index (χ3v) is 7.03. The summed E-state index contributed by atoms with van der Waals surface area (Å²) in [6.45, 7) is 3.55. The predicted molar refractivity (Wildman–Crippen MR) is 98.4 cm³/mol. The first kappa shape index (κ1) is 16.1. The highest BCUT2D eigenvalue weighted by Crippen LogP contribution is 2.32. The van der Waals surface area contributed by atoms with Gasteiger partial charge in [-0.25, -0.2) is 13.6 Å². The molecular weight excluding hydrogens is 336 g/mol. The van der Waals surface area contributed by atoms with Crippen molar-refractivity contribution in [2.45, 2.75) is 25.0 Å². The molecule has 1 atom stereocenters. The number of primary sulfonamides is 1. The van der Waals surface area contributed by atoms with Gasteiger partial charge in [0, 0.05) is 11.6 Å². The Morgan fingerprint density at radius 3 is 2.68 bits per heavy atom. The molecule has 0 saturated heterocycles. The molecule has 1 aliphatic carbocycles. The van der Waals surface area contributed by atoms with Gasteiger partial charge >= 0.3 is 0 Å². The van der Waals surface area contributed by atoms with E-state index in [2.05, 4.69) is 5.16 Å². The number of nitrogens with zero attached hydrogens (tertiary/aromatic N) is 1. The zero-order valence-corrected chi connectivity index (χ0v) is 14.8. The fraction of sp³-hybridized carbons (Fsp3) is 0.211. The lowest BCUT2D eigenvalue weighted by atomic mass is 9.86. The number of fused-ring (bicyclic) bond motifs is 3. The molecule has 128 valence electrons. The quantitative estimate of drug-likeness (QED) is 0.761. The number of sulfonamides is 1. The molecule has 0 bridgehead atoms. The van der Waals surface area contributed by atoms with Crippen molar-refractivity contribution in [3.05, 3.63) is 53.1 Å². The van der Waals surface area contributed by atoms with E-state index in [1.54, 1.807) is 13.0 Å². The first-order valence-corrected chi connectivity index (χ1v) is 9.54. The Hall–Kier alpha value is -2.44. The summed E-state index contributed by atoms with van der Waals surface area (Å²) in [5.74, 6) is 0. The lowest BCUT2D eigenvalue weighted by Gasteiger charge is -2.30. The number of hydrogen-bond acceptors (Lipinski definition) is 4. The second-order valence-electron chi connectivity index (χ2n) is 6.63. The number of rotatable bonds is 2. The first-order chi connectivity index (χ1) is 11.8. The largest absolute Gasteiger partial charge is 0.364 e. The Morgan fingerprint density at radius 1 is 1.20 bits per heavy atom. The summed E-state index contributed by atoms with van der Waals surface area (Å²) in [6.07, 6.45) is 3.84. The molecule has 0 amide bonds. The summed E-state index contributed by atoms with van der Waals surface area (Å²) in [7, 11) is -3.76. The van der Waals surface area contributed by atoms with E-state index in [9.17, 15) is 8.42 Å². The standard InChI is InChI=1S/C19H18N2O3S/c1-12-17-14(8-10-19(12,2)25(20,22)23)7-6-13-4-3-5-15(18(13)17)16-9-11-24-21-16/h3-9,11H,10H2,1-2H3,(H2,20,22,23). The van der Waals surface area contributed by atoms with E-state index in [1.807, 2.05) is 43.3 Å². The van der Waals surface area contributed by atoms with Crippen molar-refractivity contribution in [3.8, 4) is 11.3 Å². The van der Waals surface area contributed by atoms with Crippen LogP contribution in [0.15, 0.2) is 47.2 Å². The number of hydrogen-bond donors (Lipinski definition) is 1. The first-order valence-electron chi connectivity index (χ1n) is 7.99. The van der Waals surface area contributed by atoms with Crippen molar-refractivity contribution >= 4 is 32.4 Å². The van der Waals surface area contributed by atoms with Crippen LogP contribution in [0.4, 0.5) is 0 Å². The number of nitrogens with two attached hydrogens (primary N) is 1. The minimum absolute atomic E-state index is 0.363. The van der Waals surface area contributed by atoms with Gasteiger partial charge in [-0.15, -0.1) is 0 Å². The normalized spacial score (nSPS) is 20.4. The van der Waals surface area contributed by atoms with Crippen LogP contribution in [0.5, 0.6) is 0 Å². The predicted octanol–water partition coefficient (Wildman–Crippen LogP) is 1.90. The van der Waals surface area contributed by atoms with Gasteiger partial charge < -0.3 is 4.52 Å². The van der Waals surface area contributed by atoms with Gasteiger partial charge in [0.15, 0.2) is 0 Å². The maximum atomic E-state index is 12.3. The van der Waals surface area contributed by atoms with Crippen LogP contribution in [0.2, 0.25) is 0 Å². The number of aromatic nitrogens is 1. The molecule has 0 spiro atoms. The second-order valence-corrected chi connectivity index (χ2v) is 8.62. The van der Waals surface area contributed by atoms with E-state index >= 15 is 0 Å². The van der Waals surface area contributed by atoms with Crippen molar-refractivity contribution in [2.24, 2.45) is 5.14 Å². The maximum absolute atomic E-state index is 12.3. The van der Waals surface area contributed by atoms with E-state index in [4.69, 9.17) is 9.66 Å². The topological polar surface area (TPSA) is 86.2 Å². The minimum Gasteiger partial charge on any atom is -0.364 e. The van der Waals surface area contributed by atoms with Gasteiger partial charge in [-0.2, -0.15) is 0 Å². The average Bonchev–Trinajstić information content (AvgIpc) is 3.10. The van der Waals surface area contributed by atoms with Crippen LogP contribution in [0.25, 0.3) is 33.7 Å². The Kier molecular flexibility index (Phi) is 3.39. The highest BCUT2D eigenvalue weighted by atomic mass is 32.2. The van der Waals surface area contributed by atoms with Crippen molar-refractivity contribution in [1.82, 2.24) is 5.16 Å². The Bertz CT molecular complexity index is 1210. The van der Waals surface area contributed by atoms with Crippen LogP contribution in [0, 0.1) is 0 Å². The minimum atomic E-state index is -3.76. The summed E-state index contributed by atoms with van der Waals surface area (Å²) in [5.41, 5.74) is 2.39. The van der Waals surface area contributed by atoms with Gasteiger partial charge in [0.1, 0.15) is 16.7 Å². The second kappa shape index (κ2) is 5.28. The van der Waals surface area contributed by atoms with Gasteiger partial charge in [-0.05, 0) is 47.1 Å². The molecule has 1 unspecified atom stereocenters. The van der Waals surface area contributed by atoms with Crippen molar-refractivity contribution in [2.75, 3.05) is 0 Å². The Labute approximate surface area is 145 Å². The third-order valence-electron chi connectivity index (χ3n) is 5.30. The molecule has 4 rings (SSSR count). The molecule has 0 fully saturated rings. The van der Waals surface area contributed by atoms with Crippen LogP contribution in [0.3, 0.4) is 0 Å². The zero-order valence-electron chi connectivity index (χ0n) is 14.0. The average molecular weight is 354 g/mol. The maximum Gasteiger partial charge on any atom is 0.218 e. The van der Waals surface area contributed by atoms with Gasteiger partial charge in [0.25, 0.3) is 0 Å². The summed E-state index contributed by atoms with van der Waals surface area (Å²) >= 11 is 0. The molecule has 25 heavy (non-hydrogen) atoms. The molecule has 3 aromatic rings. The lowest BCUT2D eigenvalue weighted by Crippen LogP contribution is -2.48. The summed E-state index contributed by atoms with van der Waals surface area (Å²) < 4.78 is 28.5. The van der Waals surface area contributed by atoms with Crippen LogP contribution >= 0.6 is 0 Å². The molecule has 0 radical (unpaired) electrons. The molecule has 6 heteroatoms. The fourth-order valence-corrected chi connectivity index (χ4v) is 4.43. The zero-order chi connectivity index (χ0) is 17.8. The van der Waals surface area contributed by atoms with Crippen LogP contribution in [-0.4, -0.2) is 18.3 Å². The fourth-order valence-electron chi connectivity index (χ4n) is 3.59. The molecule has 2 N–H and O–H groups in total. The van der Waals surface area contributed by atoms with Gasteiger partial charge in [-0.3, -0.25) is 0 Å². The molecule has 1 aliphatic rings. The molecular formula is C19H18N2O3S. The van der Waals surface area contributed by atoms with Crippen molar-refractivity contribution in [1.29, 1.82) is 0 Å². The van der Waals surface area contributed by atoms with Crippen LogP contribution < -0.4 is 15.6 Å². The highest BCUT2D eigenvalue weighted by Gasteiger charge is 2.39. The smallest absolute Gasteiger partial charge is 0.218 e. The van der Waals surface area contributed by atoms with Gasteiger partial charge in [-0.1, -0.05) is 41.6 Å². The third kappa shape index (κ3) is 2.25. The molecule has 2 aromatic carbocycles. The molecule has 0 aliphatic heterocycles.